The summed E-state index contributed by atoms with van der Waals surface area (Å²) in [4.78, 5) is 2.41. The average Bonchev–Trinajstić information content (AvgIpc) is 2.43. The van der Waals surface area contributed by atoms with E-state index in [-0.39, 0.29) is 5.41 Å². The quantitative estimate of drug-likeness (QED) is 0.690. The number of hydrogen-bond acceptors (Lipinski definition) is 3. The highest BCUT2D eigenvalue weighted by Gasteiger charge is 2.49. The van der Waals surface area contributed by atoms with Crippen LogP contribution in [0.25, 0.3) is 0 Å². The topological polar surface area (TPSA) is 40.6 Å². The molecule has 2 saturated heterocycles. The summed E-state index contributed by atoms with van der Waals surface area (Å²) in [7, 11) is -2.97. The van der Waals surface area contributed by atoms with Crippen molar-refractivity contribution in [1.82, 2.24) is 9.21 Å². The van der Waals surface area contributed by atoms with Crippen molar-refractivity contribution >= 4 is 10.0 Å². The molecule has 0 amide bonds. The minimum atomic E-state index is -2.97. The fraction of sp³-hybridized carbons (Fsp3) is 1.00. The average molecular weight is 232 g/mol. The van der Waals surface area contributed by atoms with Crippen LogP contribution in [-0.2, 0) is 10.0 Å². The molecule has 2 fully saturated rings. The zero-order chi connectivity index (χ0) is 11.3. The molecule has 0 aliphatic carbocycles. The van der Waals surface area contributed by atoms with Crippen molar-refractivity contribution in [3.63, 3.8) is 0 Å². The van der Waals surface area contributed by atoms with Gasteiger partial charge in [0, 0.05) is 37.6 Å². The van der Waals surface area contributed by atoms with Crippen LogP contribution in [-0.4, -0.2) is 56.1 Å². The van der Waals surface area contributed by atoms with Crippen LogP contribution >= 0.6 is 0 Å². The van der Waals surface area contributed by atoms with Gasteiger partial charge < -0.3 is 0 Å². The molecule has 1 spiro atoms. The van der Waals surface area contributed by atoms with Crippen molar-refractivity contribution < 1.29 is 8.42 Å². The maximum absolute atomic E-state index is 11.4. The Morgan fingerprint density at radius 1 is 1.20 bits per heavy atom. The molecule has 0 aromatic heterocycles. The van der Waals surface area contributed by atoms with Crippen molar-refractivity contribution in [2.75, 3.05) is 32.4 Å². The molecule has 2 aliphatic rings. The van der Waals surface area contributed by atoms with E-state index in [4.69, 9.17) is 0 Å². The Hall–Kier alpha value is -0.130. The van der Waals surface area contributed by atoms with Crippen molar-refractivity contribution in [1.29, 1.82) is 0 Å². The molecule has 88 valence electrons. The second-order valence-electron chi connectivity index (χ2n) is 5.35. The lowest BCUT2D eigenvalue weighted by molar-refractivity contribution is -0.0102. The summed E-state index contributed by atoms with van der Waals surface area (Å²) in [6.45, 7) is 7.96. The lowest BCUT2D eigenvalue weighted by atomic mass is 9.78. The molecule has 0 bridgehead atoms. The standard InChI is InChI=1S/C10H20N2O2S/c1-9(2)11-6-10(7-11)4-5-12(8-10)15(3,13)14/h9H,4-8H2,1-3H3. The van der Waals surface area contributed by atoms with Gasteiger partial charge in [-0.1, -0.05) is 0 Å². The first-order valence-electron chi connectivity index (χ1n) is 5.52. The van der Waals surface area contributed by atoms with Gasteiger partial charge in [0.1, 0.15) is 0 Å². The smallest absolute Gasteiger partial charge is 0.211 e. The third-order valence-electron chi connectivity index (χ3n) is 3.68. The van der Waals surface area contributed by atoms with Crippen LogP contribution in [0.1, 0.15) is 20.3 Å². The Labute approximate surface area is 92.3 Å². The third kappa shape index (κ3) is 2.05. The van der Waals surface area contributed by atoms with Gasteiger partial charge in [0.05, 0.1) is 6.26 Å². The molecule has 0 radical (unpaired) electrons. The van der Waals surface area contributed by atoms with Gasteiger partial charge >= 0.3 is 0 Å². The minimum absolute atomic E-state index is 0.271. The van der Waals surface area contributed by atoms with Crippen molar-refractivity contribution in [2.45, 2.75) is 26.3 Å². The van der Waals surface area contributed by atoms with E-state index in [1.165, 1.54) is 6.26 Å². The van der Waals surface area contributed by atoms with E-state index in [2.05, 4.69) is 18.7 Å². The van der Waals surface area contributed by atoms with Crippen molar-refractivity contribution in [2.24, 2.45) is 5.41 Å². The van der Waals surface area contributed by atoms with E-state index in [0.29, 0.717) is 12.6 Å². The Morgan fingerprint density at radius 3 is 2.20 bits per heavy atom. The summed E-state index contributed by atoms with van der Waals surface area (Å²) >= 11 is 0. The Balaban J connectivity index is 1.95. The summed E-state index contributed by atoms with van der Waals surface area (Å²) < 4.78 is 24.4. The first kappa shape index (κ1) is 11.4. The molecule has 0 N–H and O–H groups in total. The van der Waals surface area contributed by atoms with Gasteiger partial charge in [-0.25, -0.2) is 12.7 Å². The molecule has 5 heteroatoms. The summed E-state index contributed by atoms with van der Waals surface area (Å²) in [5, 5.41) is 0. The second kappa shape index (κ2) is 3.43. The molecule has 2 rings (SSSR count). The van der Waals surface area contributed by atoms with E-state index >= 15 is 0 Å². The zero-order valence-electron chi connectivity index (χ0n) is 9.73. The molecule has 0 atom stereocenters. The van der Waals surface area contributed by atoms with Crippen LogP contribution in [0, 0.1) is 5.41 Å². The molecule has 15 heavy (non-hydrogen) atoms. The number of nitrogens with zero attached hydrogens (tertiary/aromatic N) is 2. The van der Waals surface area contributed by atoms with Gasteiger partial charge in [0.15, 0.2) is 0 Å². The predicted molar refractivity (Wildman–Crippen MR) is 60.2 cm³/mol. The minimum Gasteiger partial charge on any atom is -0.300 e. The largest absolute Gasteiger partial charge is 0.300 e. The number of rotatable bonds is 2. The van der Waals surface area contributed by atoms with Crippen LogP contribution in [0.15, 0.2) is 0 Å². The Morgan fingerprint density at radius 2 is 1.80 bits per heavy atom. The highest BCUT2D eigenvalue weighted by molar-refractivity contribution is 7.88. The normalized spacial score (nSPS) is 27.5. The summed E-state index contributed by atoms with van der Waals surface area (Å²) in [6, 6.07) is 0.586. The molecular weight excluding hydrogens is 212 g/mol. The third-order valence-corrected chi connectivity index (χ3v) is 4.93. The van der Waals surface area contributed by atoms with E-state index < -0.39 is 10.0 Å². The zero-order valence-corrected chi connectivity index (χ0v) is 10.5. The molecule has 0 aromatic rings. The SMILES string of the molecule is CC(C)N1CC2(CCN(S(C)(=O)=O)C2)C1. The van der Waals surface area contributed by atoms with Crippen LogP contribution in [0.4, 0.5) is 0 Å². The van der Waals surface area contributed by atoms with E-state index in [1.54, 1.807) is 4.31 Å². The molecule has 2 aliphatic heterocycles. The maximum atomic E-state index is 11.4. The van der Waals surface area contributed by atoms with Crippen molar-refractivity contribution in [3.05, 3.63) is 0 Å². The molecule has 0 unspecified atom stereocenters. The first-order valence-corrected chi connectivity index (χ1v) is 7.36. The van der Waals surface area contributed by atoms with Gasteiger partial charge in [-0.3, -0.25) is 4.90 Å². The van der Waals surface area contributed by atoms with Gasteiger partial charge in [0.2, 0.25) is 10.0 Å². The number of likely N-dealkylation sites (tertiary alicyclic amines) is 1. The lowest BCUT2D eigenvalue weighted by Crippen LogP contribution is -2.59. The summed E-state index contributed by atoms with van der Waals surface area (Å²) in [5.74, 6) is 0. The molecule has 0 aromatic carbocycles. The van der Waals surface area contributed by atoms with Crippen LogP contribution in [0.5, 0.6) is 0 Å². The van der Waals surface area contributed by atoms with Crippen LogP contribution in [0.3, 0.4) is 0 Å². The molecule has 4 nitrogen and oxygen atoms in total. The number of hydrogen-bond donors (Lipinski definition) is 0. The van der Waals surface area contributed by atoms with Gasteiger partial charge in [-0.2, -0.15) is 0 Å². The van der Waals surface area contributed by atoms with Crippen LogP contribution < -0.4 is 0 Å². The summed E-state index contributed by atoms with van der Waals surface area (Å²) in [6.07, 6.45) is 2.34. The van der Waals surface area contributed by atoms with Gasteiger partial charge in [-0.15, -0.1) is 0 Å². The highest BCUT2D eigenvalue weighted by atomic mass is 32.2. The van der Waals surface area contributed by atoms with E-state index in [1.807, 2.05) is 0 Å². The molecule has 2 heterocycles. The molecule has 0 saturated carbocycles. The maximum Gasteiger partial charge on any atom is 0.211 e. The fourth-order valence-electron chi connectivity index (χ4n) is 2.62. The van der Waals surface area contributed by atoms with E-state index in [9.17, 15) is 8.42 Å². The lowest BCUT2D eigenvalue weighted by Gasteiger charge is -2.50. The van der Waals surface area contributed by atoms with E-state index in [0.717, 1.165) is 26.1 Å². The molecular formula is C10H20N2O2S. The number of sulfonamides is 1. The Kier molecular flexibility index (Phi) is 2.60. The monoisotopic (exact) mass is 232 g/mol. The van der Waals surface area contributed by atoms with Gasteiger partial charge in [0.25, 0.3) is 0 Å². The van der Waals surface area contributed by atoms with Crippen LogP contribution in [0.2, 0.25) is 0 Å². The Bertz CT molecular complexity index is 344. The predicted octanol–water partition coefficient (Wildman–Crippen LogP) is 0.362. The fourth-order valence-corrected chi connectivity index (χ4v) is 3.55. The highest BCUT2D eigenvalue weighted by Crippen LogP contribution is 2.40. The van der Waals surface area contributed by atoms with Crippen molar-refractivity contribution in [3.8, 4) is 0 Å². The van der Waals surface area contributed by atoms with Gasteiger partial charge in [-0.05, 0) is 20.3 Å². The second-order valence-corrected chi connectivity index (χ2v) is 7.33. The summed E-state index contributed by atoms with van der Waals surface area (Å²) in [5.41, 5.74) is 0.271. The first-order chi connectivity index (χ1) is 6.82.